The molecule has 0 aromatic heterocycles. The Morgan fingerprint density at radius 1 is 1.56 bits per heavy atom. The predicted molar refractivity (Wildman–Crippen MR) is 66.1 cm³/mol. The maximum atomic E-state index is 13.6. The van der Waals surface area contributed by atoms with E-state index in [1.807, 2.05) is 0 Å². The molecular formula is C14H19FO3. The summed E-state index contributed by atoms with van der Waals surface area (Å²) in [5.41, 5.74) is 0.555. The van der Waals surface area contributed by atoms with Crippen LogP contribution in [0.2, 0.25) is 0 Å². The molecule has 1 aromatic rings. The van der Waals surface area contributed by atoms with Gasteiger partial charge in [0.2, 0.25) is 0 Å². The van der Waals surface area contributed by atoms with E-state index in [1.54, 1.807) is 19.1 Å². The van der Waals surface area contributed by atoms with Gasteiger partial charge < -0.3 is 14.6 Å². The summed E-state index contributed by atoms with van der Waals surface area (Å²) in [4.78, 5) is 0. The maximum absolute atomic E-state index is 13.6. The SMILES string of the molecule is C[C@H](O)c1ccc(OCCC2CCCO2)c(F)c1. The molecule has 0 aliphatic carbocycles. The van der Waals surface area contributed by atoms with Gasteiger partial charge in [-0.3, -0.25) is 0 Å². The molecule has 1 heterocycles. The molecule has 100 valence electrons. The number of ether oxygens (including phenoxy) is 2. The van der Waals surface area contributed by atoms with Crippen LogP contribution in [0.25, 0.3) is 0 Å². The molecule has 1 unspecified atom stereocenters. The van der Waals surface area contributed by atoms with Crippen molar-refractivity contribution in [3.63, 3.8) is 0 Å². The third-order valence-corrected chi connectivity index (χ3v) is 3.16. The molecule has 0 radical (unpaired) electrons. The molecule has 2 rings (SSSR count). The van der Waals surface area contributed by atoms with E-state index in [-0.39, 0.29) is 11.9 Å². The number of hydrogen-bond acceptors (Lipinski definition) is 3. The van der Waals surface area contributed by atoms with Crippen molar-refractivity contribution in [1.29, 1.82) is 0 Å². The van der Waals surface area contributed by atoms with Crippen LogP contribution < -0.4 is 4.74 Å². The highest BCUT2D eigenvalue weighted by atomic mass is 19.1. The van der Waals surface area contributed by atoms with E-state index in [0.717, 1.165) is 25.9 Å². The second-order valence-corrected chi connectivity index (χ2v) is 4.64. The lowest BCUT2D eigenvalue weighted by atomic mass is 10.1. The van der Waals surface area contributed by atoms with Gasteiger partial charge in [-0.2, -0.15) is 0 Å². The molecule has 18 heavy (non-hydrogen) atoms. The third kappa shape index (κ3) is 3.43. The van der Waals surface area contributed by atoms with Gasteiger partial charge in [0.25, 0.3) is 0 Å². The molecule has 4 heteroatoms. The monoisotopic (exact) mass is 254 g/mol. The van der Waals surface area contributed by atoms with Gasteiger partial charge in [-0.05, 0) is 37.5 Å². The van der Waals surface area contributed by atoms with Gasteiger partial charge in [0.15, 0.2) is 11.6 Å². The number of hydrogen-bond donors (Lipinski definition) is 1. The molecule has 1 N–H and O–H groups in total. The molecule has 1 aromatic carbocycles. The molecule has 1 fully saturated rings. The molecule has 1 aliphatic heterocycles. The first-order valence-electron chi connectivity index (χ1n) is 6.38. The predicted octanol–water partition coefficient (Wildman–Crippen LogP) is 2.83. The number of halogens is 1. The van der Waals surface area contributed by atoms with Gasteiger partial charge >= 0.3 is 0 Å². The van der Waals surface area contributed by atoms with Crippen LogP contribution >= 0.6 is 0 Å². The topological polar surface area (TPSA) is 38.7 Å². The molecule has 1 saturated heterocycles. The van der Waals surface area contributed by atoms with Crippen LogP contribution in [0.3, 0.4) is 0 Å². The summed E-state index contributed by atoms with van der Waals surface area (Å²) in [5, 5.41) is 9.33. The van der Waals surface area contributed by atoms with E-state index in [4.69, 9.17) is 9.47 Å². The van der Waals surface area contributed by atoms with Crippen molar-refractivity contribution >= 4 is 0 Å². The summed E-state index contributed by atoms with van der Waals surface area (Å²) >= 11 is 0. The normalized spacial score (nSPS) is 20.9. The third-order valence-electron chi connectivity index (χ3n) is 3.16. The highest BCUT2D eigenvalue weighted by molar-refractivity contribution is 5.30. The Bertz CT molecular complexity index is 387. The highest BCUT2D eigenvalue weighted by Crippen LogP contribution is 2.23. The van der Waals surface area contributed by atoms with Crippen LogP contribution in [0, 0.1) is 5.82 Å². The minimum Gasteiger partial charge on any atom is -0.490 e. The fourth-order valence-corrected chi connectivity index (χ4v) is 2.07. The van der Waals surface area contributed by atoms with E-state index in [1.165, 1.54) is 6.07 Å². The van der Waals surface area contributed by atoms with Crippen LogP contribution in [0.4, 0.5) is 4.39 Å². The van der Waals surface area contributed by atoms with Crippen molar-refractivity contribution in [2.45, 2.75) is 38.4 Å². The van der Waals surface area contributed by atoms with E-state index in [2.05, 4.69) is 0 Å². The van der Waals surface area contributed by atoms with Crippen LogP contribution in [-0.4, -0.2) is 24.4 Å². The van der Waals surface area contributed by atoms with E-state index in [9.17, 15) is 9.50 Å². The molecule has 0 bridgehead atoms. The number of benzene rings is 1. The molecule has 0 spiro atoms. The molecule has 0 amide bonds. The fraction of sp³-hybridized carbons (Fsp3) is 0.571. The van der Waals surface area contributed by atoms with Crippen LogP contribution in [-0.2, 0) is 4.74 Å². The lowest BCUT2D eigenvalue weighted by Gasteiger charge is -2.12. The van der Waals surface area contributed by atoms with E-state index >= 15 is 0 Å². The maximum Gasteiger partial charge on any atom is 0.165 e. The minimum atomic E-state index is -0.666. The Labute approximate surface area is 107 Å². The van der Waals surface area contributed by atoms with Gasteiger partial charge in [0, 0.05) is 13.0 Å². The molecule has 3 nitrogen and oxygen atoms in total. The van der Waals surface area contributed by atoms with Crippen LogP contribution in [0.1, 0.15) is 37.9 Å². The smallest absolute Gasteiger partial charge is 0.165 e. The van der Waals surface area contributed by atoms with E-state index in [0.29, 0.717) is 12.2 Å². The second-order valence-electron chi connectivity index (χ2n) is 4.64. The largest absolute Gasteiger partial charge is 0.490 e. The summed E-state index contributed by atoms with van der Waals surface area (Å²) in [6.45, 7) is 2.88. The molecule has 2 atom stereocenters. The fourth-order valence-electron chi connectivity index (χ4n) is 2.07. The Hall–Kier alpha value is -1.13. The van der Waals surface area contributed by atoms with Crippen molar-refractivity contribution in [2.75, 3.05) is 13.2 Å². The number of aliphatic hydroxyl groups excluding tert-OH is 1. The lowest BCUT2D eigenvalue weighted by Crippen LogP contribution is -2.11. The quantitative estimate of drug-likeness (QED) is 0.878. The standard InChI is InChI=1S/C14H19FO3/c1-10(16)11-4-5-14(13(15)9-11)18-8-6-12-3-2-7-17-12/h4-5,9-10,12,16H,2-3,6-8H2,1H3/t10-,12?/m0/s1. The number of aliphatic hydroxyl groups is 1. The first-order valence-corrected chi connectivity index (χ1v) is 6.38. The van der Waals surface area contributed by atoms with Crippen molar-refractivity contribution in [3.05, 3.63) is 29.6 Å². The zero-order chi connectivity index (χ0) is 13.0. The van der Waals surface area contributed by atoms with Gasteiger partial charge in [-0.15, -0.1) is 0 Å². The summed E-state index contributed by atoms with van der Waals surface area (Å²) in [6.07, 6.45) is 2.54. The first kappa shape index (κ1) is 13.3. The lowest BCUT2D eigenvalue weighted by molar-refractivity contribution is 0.0897. The number of rotatable bonds is 5. The minimum absolute atomic E-state index is 0.234. The summed E-state index contributed by atoms with van der Waals surface area (Å²) < 4.78 is 24.5. The summed E-state index contributed by atoms with van der Waals surface area (Å²) in [5.74, 6) is -0.196. The van der Waals surface area contributed by atoms with Crippen molar-refractivity contribution < 1.29 is 19.0 Å². The molecule has 0 saturated carbocycles. The first-order chi connectivity index (χ1) is 8.66. The zero-order valence-electron chi connectivity index (χ0n) is 10.6. The Morgan fingerprint density at radius 2 is 2.39 bits per heavy atom. The zero-order valence-corrected chi connectivity index (χ0v) is 10.6. The van der Waals surface area contributed by atoms with Gasteiger partial charge in [0.1, 0.15) is 0 Å². The second kappa shape index (κ2) is 6.16. The molecule has 1 aliphatic rings. The van der Waals surface area contributed by atoms with Gasteiger partial charge in [-0.25, -0.2) is 4.39 Å². The van der Waals surface area contributed by atoms with Crippen molar-refractivity contribution in [3.8, 4) is 5.75 Å². The Morgan fingerprint density at radius 3 is 3.00 bits per heavy atom. The van der Waals surface area contributed by atoms with Crippen LogP contribution in [0.15, 0.2) is 18.2 Å². The Balaban J connectivity index is 1.85. The van der Waals surface area contributed by atoms with Crippen LogP contribution in [0.5, 0.6) is 5.75 Å². The van der Waals surface area contributed by atoms with E-state index < -0.39 is 11.9 Å². The van der Waals surface area contributed by atoms with Gasteiger partial charge in [-0.1, -0.05) is 6.07 Å². The Kier molecular flexibility index (Phi) is 4.55. The van der Waals surface area contributed by atoms with Crippen molar-refractivity contribution in [1.82, 2.24) is 0 Å². The average molecular weight is 254 g/mol. The van der Waals surface area contributed by atoms with Crippen molar-refractivity contribution in [2.24, 2.45) is 0 Å². The highest BCUT2D eigenvalue weighted by Gasteiger charge is 2.15. The summed E-state index contributed by atoms with van der Waals surface area (Å²) in [7, 11) is 0. The molecular weight excluding hydrogens is 235 g/mol. The average Bonchev–Trinajstić information content (AvgIpc) is 2.84. The summed E-state index contributed by atoms with van der Waals surface area (Å²) in [6, 6.07) is 4.55. The van der Waals surface area contributed by atoms with Gasteiger partial charge in [0.05, 0.1) is 18.8 Å².